The van der Waals surface area contributed by atoms with E-state index in [1.807, 2.05) is 54.5 Å². The van der Waals surface area contributed by atoms with E-state index in [4.69, 9.17) is 28.4 Å². The van der Waals surface area contributed by atoms with Gasteiger partial charge in [0, 0.05) is 45.1 Å². The predicted molar refractivity (Wildman–Crippen MR) is 180 cm³/mol. The zero-order chi connectivity index (χ0) is 32.9. The molecule has 256 valence electrons. The molecule has 1 fully saturated rings. The standard InChI is InChI=1S/C37H61NO7/c1-8-38-37(39)22-18-13-12-17-21-33-34(36(45-30(7)42-11-4)27-35(33)44-29(6)41-10-3)26-25-32(43-28(5)40-9-2)24-23-31-19-15-14-16-20-31/h12,14-17,19-20,25-26,28-30,32-36H,8-11,13,18,21-24,27H2,1-7H3,(H,38,39)/b17-12-,26-25+/t28?,29?,30?,32?,33-,34-,35+,36-/m1/s1. The molecule has 0 spiro atoms. The summed E-state index contributed by atoms with van der Waals surface area (Å²) in [4.78, 5) is 11.8. The minimum atomic E-state index is -0.326. The van der Waals surface area contributed by atoms with Crippen LogP contribution >= 0.6 is 0 Å². The van der Waals surface area contributed by atoms with Crippen molar-refractivity contribution in [3.63, 3.8) is 0 Å². The highest BCUT2D eigenvalue weighted by atomic mass is 16.7. The van der Waals surface area contributed by atoms with Gasteiger partial charge in [0.1, 0.15) is 0 Å². The summed E-state index contributed by atoms with van der Waals surface area (Å²) in [5.41, 5.74) is 1.28. The Kier molecular flexibility index (Phi) is 20.2. The summed E-state index contributed by atoms with van der Waals surface area (Å²) < 4.78 is 36.7. The lowest BCUT2D eigenvalue weighted by atomic mass is 9.89. The Labute approximate surface area is 273 Å². The molecule has 1 N–H and O–H groups in total. The number of carbonyl (C=O) groups is 1. The van der Waals surface area contributed by atoms with Crippen molar-refractivity contribution in [1.29, 1.82) is 0 Å². The summed E-state index contributed by atoms with van der Waals surface area (Å²) in [6, 6.07) is 10.5. The predicted octanol–water partition coefficient (Wildman–Crippen LogP) is 7.37. The second-order valence-corrected chi connectivity index (χ2v) is 11.5. The molecular weight excluding hydrogens is 570 g/mol. The quantitative estimate of drug-likeness (QED) is 0.0725. The van der Waals surface area contributed by atoms with Crippen LogP contribution in [0.4, 0.5) is 0 Å². The molecule has 2 rings (SSSR count). The Morgan fingerprint density at radius 3 is 2.18 bits per heavy atom. The van der Waals surface area contributed by atoms with Crippen LogP contribution in [0.2, 0.25) is 0 Å². The van der Waals surface area contributed by atoms with Crippen LogP contribution < -0.4 is 5.32 Å². The SMILES string of the molecule is CCNC(=O)CCC/C=C\C[C@@H]1[C@@H](/C=C/C(CCc2ccccc2)OC(C)OCC)[C@H](OC(C)OCC)C[C@@H]1OC(C)OCC. The maximum atomic E-state index is 11.8. The van der Waals surface area contributed by atoms with Gasteiger partial charge in [-0.05, 0) is 92.1 Å². The number of aryl methyl sites for hydroxylation is 1. The third-order valence-corrected chi connectivity index (χ3v) is 8.00. The molecule has 0 bridgehead atoms. The number of benzene rings is 1. The molecule has 0 aromatic heterocycles. The second kappa shape index (κ2) is 23.3. The van der Waals surface area contributed by atoms with E-state index in [0.29, 0.717) is 32.8 Å². The van der Waals surface area contributed by atoms with Crippen LogP contribution in [0, 0.1) is 11.8 Å². The number of amides is 1. The lowest BCUT2D eigenvalue weighted by Gasteiger charge is -2.27. The van der Waals surface area contributed by atoms with Crippen LogP contribution in [0.3, 0.4) is 0 Å². The summed E-state index contributed by atoms with van der Waals surface area (Å²) >= 11 is 0. The average molecular weight is 632 g/mol. The fourth-order valence-corrected chi connectivity index (χ4v) is 5.98. The highest BCUT2D eigenvalue weighted by Crippen LogP contribution is 2.41. The summed E-state index contributed by atoms with van der Waals surface area (Å²) in [6.07, 6.45) is 13.2. The molecular formula is C37H61NO7. The van der Waals surface area contributed by atoms with E-state index in [1.165, 1.54) is 5.56 Å². The molecule has 4 unspecified atom stereocenters. The van der Waals surface area contributed by atoms with E-state index in [0.717, 1.165) is 38.5 Å². The third-order valence-electron chi connectivity index (χ3n) is 8.00. The number of hydrogen-bond donors (Lipinski definition) is 1. The molecule has 1 amide bonds. The van der Waals surface area contributed by atoms with Gasteiger partial charge in [0.25, 0.3) is 0 Å². The first kappa shape index (κ1) is 39.1. The molecule has 1 saturated carbocycles. The summed E-state index contributed by atoms with van der Waals surface area (Å²) in [7, 11) is 0. The fraction of sp³-hybridized carbons (Fsp3) is 0.703. The van der Waals surface area contributed by atoms with Crippen LogP contribution in [0.15, 0.2) is 54.6 Å². The van der Waals surface area contributed by atoms with E-state index in [2.05, 4.69) is 53.9 Å². The number of hydrogen-bond acceptors (Lipinski definition) is 7. The minimum absolute atomic E-state index is 0.0500. The maximum Gasteiger partial charge on any atom is 0.219 e. The largest absolute Gasteiger partial charge is 0.356 e. The minimum Gasteiger partial charge on any atom is -0.356 e. The normalized spacial score (nSPS) is 23.0. The van der Waals surface area contributed by atoms with E-state index in [9.17, 15) is 4.79 Å². The number of ether oxygens (including phenoxy) is 6. The monoisotopic (exact) mass is 631 g/mol. The number of nitrogens with one attached hydrogen (secondary N) is 1. The van der Waals surface area contributed by atoms with Crippen molar-refractivity contribution in [1.82, 2.24) is 5.32 Å². The van der Waals surface area contributed by atoms with Crippen molar-refractivity contribution < 1.29 is 33.2 Å². The average Bonchev–Trinajstić information content (AvgIpc) is 3.31. The van der Waals surface area contributed by atoms with E-state index in [-0.39, 0.29) is 54.9 Å². The van der Waals surface area contributed by atoms with Gasteiger partial charge in [0.2, 0.25) is 5.91 Å². The molecule has 0 aliphatic heterocycles. The highest BCUT2D eigenvalue weighted by Gasteiger charge is 2.44. The van der Waals surface area contributed by atoms with Crippen molar-refractivity contribution >= 4 is 5.91 Å². The zero-order valence-electron chi connectivity index (χ0n) is 29.0. The molecule has 8 atom stereocenters. The molecule has 1 aromatic rings. The molecule has 45 heavy (non-hydrogen) atoms. The van der Waals surface area contributed by atoms with Crippen molar-refractivity contribution in [2.75, 3.05) is 26.4 Å². The molecule has 8 heteroatoms. The molecule has 1 aromatic carbocycles. The Hall–Kier alpha value is -2.07. The van der Waals surface area contributed by atoms with Crippen LogP contribution in [-0.4, -0.2) is 69.5 Å². The Balaban J connectivity index is 2.29. The molecule has 1 aliphatic carbocycles. The first-order valence-electron chi connectivity index (χ1n) is 17.3. The first-order chi connectivity index (χ1) is 21.8. The molecule has 0 saturated heterocycles. The van der Waals surface area contributed by atoms with Crippen LogP contribution in [-0.2, 0) is 39.6 Å². The van der Waals surface area contributed by atoms with Gasteiger partial charge in [-0.15, -0.1) is 0 Å². The first-order valence-corrected chi connectivity index (χ1v) is 17.3. The summed E-state index contributed by atoms with van der Waals surface area (Å²) in [5, 5.41) is 2.87. The Morgan fingerprint density at radius 2 is 1.53 bits per heavy atom. The lowest BCUT2D eigenvalue weighted by Crippen LogP contribution is -2.28. The number of carbonyl (C=O) groups excluding carboxylic acids is 1. The van der Waals surface area contributed by atoms with Crippen LogP contribution in [0.5, 0.6) is 0 Å². The molecule has 0 radical (unpaired) electrons. The molecule has 1 aliphatic rings. The molecule has 8 nitrogen and oxygen atoms in total. The van der Waals surface area contributed by atoms with Crippen LogP contribution in [0.25, 0.3) is 0 Å². The number of allylic oxidation sites excluding steroid dienone is 2. The smallest absolute Gasteiger partial charge is 0.219 e. The summed E-state index contributed by atoms with van der Waals surface area (Å²) in [5.74, 6) is 0.357. The van der Waals surface area contributed by atoms with Gasteiger partial charge in [-0.1, -0.05) is 54.6 Å². The topological polar surface area (TPSA) is 84.5 Å². The van der Waals surface area contributed by atoms with E-state index >= 15 is 0 Å². The third kappa shape index (κ3) is 15.9. The van der Waals surface area contributed by atoms with Gasteiger partial charge in [-0.2, -0.15) is 0 Å². The summed E-state index contributed by atoms with van der Waals surface area (Å²) in [6.45, 7) is 16.2. The van der Waals surface area contributed by atoms with Gasteiger partial charge in [0.15, 0.2) is 18.9 Å². The van der Waals surface area contributed by atoms with Gasteiger partial charge in [-0.25, -0.2) is 0 Å². The van der Waals surface area contributed by atoms with E-state index < -0.39 is 0 Å². The van der Waals surface area contributed by atoms with Gasteiger partial charge < -0.3 is 33.7 Å². The van der Waals surface area contributed by atoms with Crippen molar-refractivity contribution in [2.24, 2.45) is 11.8 Å². The van der Waals surface area contributed by atoms with Crippen molar-refractivity contribution in [3.05, 3.63) is 60.2 Å². The van der Waals surface area contributed by atoms with Crippen molar-refractivity contribution in [3.8, 4) is 0 Å². The van der Waals surface area contributed by atoms with E-state index in [1.54, 1.807) is 0 Å². The number of rotatable bonds is 24. The maximum absolute atomic E-state index is 11.8. The van der Waals surface area contributed by atoms with Gasteiger partial charge >= 0.3 is 0 Å². The zero-order valence-corrected chi connectivity index (χ0v) is 29.0. The second-order valence-electron chi connectivity index (χ2n) is 11.5. The van der Waals surface area contributed by atoms with Crippen LogP contribution in [0.1, 0.15) is 92.6 Å². The van der Waals surface area contributed by atoms with Gasteiger partial charge in [0.05, 0.1) is 18.3 Å². The Bertz CT molecular complexity index is 955. The number of unbranched alkanes of at least 4 members (excludes halogenated alkanes) is 1. The van der Waals surface area contributed by atoms with Gasteiger partial charge in [-0.3, -0.25) is 4.79 Å². The molecule has 0 heterocycles. The Morgan fingerprint density at radius 1 is 0.889 bits per heavy atom. The lowest BCUT2D eigenvalue weighted by molar-refractivity contribution is -0.175. The van der Waals surface area contributed by atoms with Crippen molar-refractivity contribution in [2.45, 2.75) is 131 Å². The fourth-order valence-electron chi connectivity index (χ4n) is 5.98. The highest BCUT2D eigenvalue weighted by molar-refractivity contribution is 5.75.